The number of nitrogens with one attached hydrogen (secondary N) is 1. The number of halogens is 1. The first-order valence-corrected chi connectivity index (χ1v) is 7.13. The normalized spacial score (nSPS) is 12.5. The fourth-order valence-corrected chi connectivity index (χ4v) is 2.93. The molecule has 3 nitrogen and oxygen atoms in total. The summed E-state index contributed by atoms with van der Waals surface area (Å²) in [6.45, 7) is 2.04. The van der Waals surface area contributed by atoms with Gasteiger partial charge in [-0.2, -0.15) is 0 Å². The van der Waals surface area contributed by atoms with Crippen molar-refractivity contribution < 1.29 is 0 Å². The number of pyridine rings is 1. The fraction of sp³-hybridized carbons (Fsp3) is 0.118. The molecule has 0 fully saturated rings. The molecule has 0 aliphatic carbocycles. The Morgan fingerprint density at radius 1 is 1.14 bits per heavy atom. The van der Waals surface area contributed by atoms with E-state index in [4.69, 9.17) is 17.4 Å². The molecule has 1 heterocycles. The van der Waals surface area contributed by atoms with E-state index >= 15 is 0 Å². The van der Waals surface area contributed by atoms with E-state index in [1.165, 1.54) is 0 Å². The van der Waals surface area contributed by atoms with E-state index < -0.39 is 0 Å². The number of benzene rings is 2. The molecule has 0 amide bonds. The van der Waals surface area contributed by atoms with Gasteiger partial charge in [-0.05, 0) is 47.2 Å². The minimum absolute atomic E-state index is 0.102. The smallest absolute Gasteiger partial charge is 0.0719 e. The molecule has 3 rings (SSSR count). The molecule has 4 heteroatoms. The van der Waals surface area contributed by atoms with E-state index in [-0.39, 0.29) is 6.04 Å². The van der Waals surface area contributed by atoms with Crippen LogP contribution >= 0.6 is 11.6 Å². The highest BCUT2D eigenvalue weighted by Crippen LogP contribution is 2.30. The lowest BCUT2D eigenvalue weighted by molar-refractivity contribution is 0.637. The van der Waals surface area contributed by atoms with Crippen molar-refractivity contribution in [1.82, 2.24) is 10.4 Å². The van der Waals surface area contributed by atoms with E-state index in [1.807, 2.05) is 43.5 Å². The molecule has 1 unspecified atom stereocenters. The Kier molecular flexibility index (Phi) is 3.88. The monoisotopic (exact) mass is 297 g/mol. The van der Waals surface area contributed by atoms with Gasteiger partial charge in [-0.1, -0.05) is 35.9 Å². The average molecular weight is 298 g/mol. The van der Waals surface area contributed by atoms with E-state index in [9.17, 15) is 0 Å². The molecule has 2 aromatic carbocycles. The van der Waals surface area contributed by atoms with Crippen LogP contribution in [0.5, 0.6) is 0 Å². The lowest BCUT2D eigenvalue weighted by Gasteiger charge is -2.21. The minimum atomic E-state index is -0.102. The maximum absolute atomic E-state index is 6.04. The quantitative estimate of drug-likeness (QED) is 0.572. The van der Waals surface area contributed by atoms with Crippen molar-refractivity contribution in [3.63, 3.8) is 0 Å². The van der Waals surface area contributed by atoms with Crippen molar-refractivity contribution in [2.24, 2.45) is 5.84 Å². The van der Waals surface area contributed by atoms with Crippen molar-refractivity contribution in [2.45, 2.75) is 13.0 Å². The minimum Gasteiger partial charge on any atom is -0.271 e. The van der Waals surface area contributed by atoms with Crippen LogP contribution in [0.1, 0.15) is 22.7 Å². The van der Waals surface area contributed by atoms with Gasteiger partial charge in [0.15, 0.2) is 0 Å². The second-order valence-electron chi connectivity index (χ2n) is 5.04. The van der Waals surface area contributed by atoms with Crippen LogP contribution in [0.2, 0.25) is 5.02 Å². The van der Waals surface area contributed by atoms with E-state index in [1.54, 1.807) is 6.20 Å². The Labute approximate surface area is 128 Å². The van der Waals surface area contributed by atoms with Crippen molar-refractivity contribution in [3.05, 3.63) is 76.6 Å². The molecule has 0 saturated carbocycles. The fourth-order valence-electron chi connectivity index (χ4n) is 2.70. The first kappa shape index (κ1) is 14.0. The van der Waals surface area contributed by atoms with Crippen LogP contribution in [0.3, 0.4) is 0 Å². The Hall–Kier alpha value is -1.94. The van der Waals surface area contributed by atoms with Crippen molar-refractivity contribution in [3.8, 4) is 0 Å². The van der Waals surface area contributed by atoms with Crippen LogP contribution in [0.25, 0.3) is 10.8 Å². The molecule has 0 aliphatic rings. The second-order valence-corrected chi connectivity index (χ2v) is 5.48. The Balaban J connectivity index is 2.18. The SMILES string of the molecule is Cc1cc(Cl)ccc1C(NN)c1cccc2ccncc12. The standard InChI is InChI=1S/C17H16ClN3/c1-11-9-13(18)5-6-14(11)17(21-19)15-4-2-3-12-7-8-20-10-16(12)15/h2-10,17,21H,19H2,1H3. The van der Waals surface area contributed by atoms with Gasteiger partial charge in [-0.3, -0.25) is 10.8 Å². The van der Waals surface area contributed by atoms with Crippen LogP contribution in [0.15, 0.2) is 54.9 Å². The number of nitrogens with zero attached hydrogens (tertiary/aromatic N) is 1. The number of hydrogen-bond donors (Lipinski definition) is 2. The largest absolute Gasteiger partial charge is 0.271 e. The summed E-state index contributed by atoms with van der Waals surface area (Å²) < 4.78 is 0. The molecule has 21 heavy (non-hydrogen) atoms. The van der Waals surface area contributed by atoms with Crippen LogP contribution in [-0.4, -0.2) is 4.98 Å². The second kappa shape index (κ2) is 5.82. The van der Waals surface area contributed by atoms with Gasteiger partial charge in [0.25, 0.3) is 0 Å². The van der Waals surface area contributed by atoms with Gasteiger partial charge in [-0.15, -0.1) is 0 Å². The van der Waals surface area contributed by atoms with Gasteiger partial charge in [0.05, 0.1) is 6.04 Å². The summed E-state index contributed by atoms with van der Waals surface area (Å²) in [7, 11) is 0. The van der Waals surface area contributed by atoms with Gasteiger partial charge in [-0.25, -0.2) is 5.43 Å². The van der Waals surface area contributed by atoms with Crippen LogP contribution in [0.4, 0.5) is 0 Å². The highest BCUT2D eigenvalue weighted by molar-refractivity contribution is 6.30. The van der Waals surface area contributed by atoms with E-state index in [0.717, 1.165) is 32.5 Å². The predicted octanol–water partition coefficient (Wildman–Crippen LogP) is 3.75. The Bertz CT molecular complexity index is 781. The highest BCUT2D eigenvalue weighted by Gasteiger charge is 2.17. The zero-order valence-electron chi connectivity index (χ0n) is 11.7. The van der Waals surface area contributed by atoms with Gasteiger partial charge in [0, 0.05) is 22.8 Å². The van der Waals surface area contributed by atoms with Crippen molar-refractivity contribution in [2.75, 3.05) is 0 Å². The lowest BCUT2D eigenvalue weighted by Crippen LogP contribution is -2.29. The topological polar surface area (TPSA) is 50.9 Å². The molecular formula is C17H16ClN3. The molecule has 1 atom stereocenters. The summed E-state index contributed by atoms with van der Waals surface area (Å²) in [4.78, 5) is 4.23. The van der Waals surface area contributed by atoms with Crippen LogP contribution < -0.4 is 11.3 Å². The number of hydrazine groups is 1. The third-order valence-corrected chi connectivity index (χ3v) is 3.97. The average Bonchev–Trinajstić information content (AvgIpc) is 2.50. The zero-order chi connectivity index (χ0) is 14.8. The molecule has 0 radical (unpaired) electrons. The van der Waals surface area contributed by atoms with Crippen molar-refractivity contribution >= 4 is 22.4 Å². The number of fused-ring (bicyclic) bond motifs is 1. The Morgan fingerprint density at radius 2 is 2.00 bits per heavy atom. The third-order valence-electron chi connectivity index (χ3n) is 3.74. The molecule has 0 aliphatic heterocycles. The van der Waals surface area contributed by atoms with E-state index in [2.05, 4.69) is 22.5 Å². The Morgan fingerprint density at radius 3 is 2.76 bits per heavy atom. The lowest BCUT2D eigenvalue weighted by atomic mass is 9.92. The van der Waals surface area contributed by atoms with Gasteiger partial charge < -0.3 is 0 Å². The molecule has 3 aromatic rings. The number of hydrogen-bond acceptors (Lipinski definition) is 3. The summed E-state index contributed by atoms with van der Waals surface area (Å²) in [5, 5.41) is 2.97. The van der Waals surface area contributed by atoms with Crippen LogP contribution in [0, 0.1) is 6.92 Å². The summed E-state index contributed by atoms with van der Waals surface area (Å²) in [5.41, 5.74) is 6.23. The predicted molar refractivity (Wildman–Crippen MR) is 87.1 cm³/mol. The summed E-state index contributed by atoms with van der Waals surface area (Å²) in [5.74, 6) is 5.83. The number of rotatable bonds is 3. The molecule has 0 spiro atoms. The summed E-state index contributed by atoms with van der Waals surface area (Å²) >= 11 is 6.04. The third kappa shape index (κ3) is 2.63. The number of nitrogens with two attached hydrogens (primary N) is 1. The highest BCUT2D eigenvalue weighted by atomic mass is 35.5. The number of aromatic nitrogens is 1. The molecule has 106 valence electrons. The van der Waals surface area contributed by atoms with Crippen LogP contribution in [-0.2, 0) is 0 Å². The molecule has 1 aromatic heterocycles. The summed E-state index contributed by atoms with van der Waals surface area (Å²) in [6, 6.07) is 13.9. The summed E-state index contributed by atoms with van der Waals surface area (Å²) in [6.07, 6.45) is 3.67. The van der Waals surface area contributed by atoms with Crippen molar-refractivity contribution in [1.29, 1.82) is 0 Å². The first-order valence-electron chi connectivity index (χ1n) is 6.75. The van der Waals surface area contributed by atoms with Gasteiger partial charge >= 0.3 is 0 Å². The first-order chi connectivity index (χ1) is 10.2. The maximum Gasteiger partial charge on any atom is 0.0719 e. The van der Waals surface area contributed by atoms with E-state index in [0.29, 0.717) is 0 Å². The maximum atomic E-state index is 6.04. The van der Waals surface area contributed by atoms with Gasteiger partial charge in [0.2, 0.25) is 0 Å². The van der Waals surface area contributed by atoms with Gasteiger partial charge in [0.1, 0.15) is 0 Å². The zero-order valence-corrected chi connectivity index (χ0v) is 12.4. The molecule has 3 N–H and O–H groups in total. The molecule has 0 saturated heterocycles. The molecular weight excluding hydrogens is 282 g/mol. The number of aryl methyl sites for hydroxylation is 1. The molecule has 0 bridgehead atoms.